The molecule has 27 heavy (non-hydrogen) atoms. The Morgan fingerprint density at radius 2 is 1.52 bits per heavy atom. The lowest BCUT2D eigenvalue weighted by molar-refractivity contribution is 0.476. The number of aromatic nitrogens is 3. The lowest BCUT2D eigenvalue weighted by atomic mass is 10.2. The van der Waals surface area contributed by atoms with Gasteiger partial charge in [0.1, 0.15) is 11.6 Å². The topological polar surface area (TPSA) is 50.9 Å². The number of halogens is 1. The maximum Gasteiger partial charge on any atom is 0.175 e. The van der Waals surface area contributed by atoms with E-state index in [-0.39, 0.29) is 11.6 Å². The molecule has 4 rings (SSSR count). The van der Waals surface area contributed by atoms with Crippen LogP contribution in [0.4, 0.5) is 4.39 Å². The molecule has 0 spiro atoms. The Balaban J connectivity index is 1.78. The highest BCUT2D eigenvalue weighted by Gasteiger charge is 2.15. The van der Waals surface area contributed by atoms with Gasteiger partial charge in [-0.15, -0.1) is 5.10 Å². The number of phenolic OH excluding ortho intramolecular Hbond substituents is 1. The first-order chi connectivity index (χ1) is 13.2. The van der Waals surface area contributed by atoms with Crippen LogP contribution in [0.5, 0.6) is 5.75 Å². The normalized spacial score (nSPS) is 11.1. The summed E-state index contributed by atoms with van der Waals surface area (Å²) >= 11 is 0. The zero-order chi connectivity index (χ0) is 18.6. The Kier molecular flexibility index (Phi) is 4.49. The number of aromatic hydroxyl groups is 1. The van der Waals surface area contributed by atoms with Gasteiger partial charge in [0.2, 0.25) is 0 Å². The minimum atomic E-state index is -0.277. The summed E-state index contributed by atoms with van der Waals surface area (Å²) < 4.78 is 14.7. The van der Waals surface area contributed by atoms with Gasteiger partial charge in [-0.3, -0.25) is 0 Å². The summed E-state index contributed by atoms with van der Waals surface area (Å²) in [6, 6.07) is 22.8. The second-order valence-electron chi connectivity index (χ2n) is 5.94. The van der Waals surface area contributed by atoms with Gasteiger partial charge < -0.3 is 5.11 Å². The highest BCUT2D eigenvalue weighted by Crippen LogP contribution is 2.29. The molecular formula is C22H16FN3O. The van der Waals surface area contributed by atoms with E-state index in [1.807, 2.05) is 42.5 Å². The molecular weight excluding hydrogens is 341 g/mol. The monoisotopic (exact) mass is 357 g/mol. The molecule has 0 radical (unpaired) electrons. The number of para-hydroxylation sites is 2. The highest BCUT2D eigenvalue weighted by atomic mass is 19.1. The number of benzene rings is 3. The molecule has 0 aliphatic rings. The lowest BCUT2D eigenvalue weighted by Gasteiger charge is -2.06. The molecule has 1 heterocycles. The highest BCUT2D eigenvalue weighted by molar-refractivity contribution is 5.70. The fourth-order valence-corrected chi connectivity index (χ4v) is 2.73. The number of nitrogens with zero attached hydrogens (tertiary/aromatic N) is 3. The van der Waals surface area contributed by atoms with Crippen LogP contribution < -0.4 is 0 Å². The Hall–Kier alpha value is -3.73. The van der Waals surface area contributed by atoms with Crippen LogP contribution >= 0.6 is 0 Å². The van der Waals surface area contributed by atoms with Gasteiger partial charge in [0.05, 0.1) is 11.3 Å². The van der Waals surface area contributed by atoms with Crippen LogP contribution in [0.15, 0.2) is 78.9 Å². The van der Waals surface area contributed by atoms with Gasteiger partial charge >= 0.3 is 0 Å². The lowest BCUT2D eigenvalue weighted by Crippen LogP contribution is -1.99. The average molecular weight is 357 g/mol. The van der Waals surface area contributed by atoms with Crippen molar-refractivity contribution in [1.29, 1.82) is 0 Å². The molecule has 1 aromatic heterocycles. The molecule has 3 aromatic carbocycles. The first-order valence-electron chi connectivity index (χ1n) is 8.45. The first-order valence-corrected chi connectivity index (χ1v) is 8.45. The van der Waals surface area contributed by atoms with Gasteiger partial charge in [0.15, 0.2) is 11.6 Å². The minimum Gasteiger partial charge on any atom is -0.507 e. The Morgan fingerprint density at radius 3 is 2.26 bits per heavy atom. The molecule has 132 valence electrons. The van der Waals surface area contributed by atoms with E-state index in [1.54, 1.807) is 41.1 Å². The zero-order valence-corrected chi connectivity index (χ0v) is 14.3. The molecule has 4 nitrogen and oxygen atoms in total. The van der Waals surface area contributed by atoms with E-state index < -0.39 is 0 Å². The van der Waals surface area contributed by atoms with Gasteiger partial charge in [-0.2, -0.15) is 0 Å². The van der Waals surface area contributed by atoms with Crippen molar-refractivity contribution in [2.75, 3.05) is 0 Å². The molecule has 0 aliphatic carbocycles. The summed E-state index contributed by atoms with van der Waals surface area (Å²) in [6.07, 6.45) is 3.58. The maximum atomic E-state index is 13.0. The van der Waals surface area contributed by atoms with Crippen LogP contribution in [0.1, 0.15) is 11.4 Å². The molecule has 0 aliphatic heterocycles. The predicted molar refractivity (Wildman–Crippen MR) is 104 cm³/mol. The number of rotatable bonds is 4. The Morgan fingerprint density at radius 1 is 0.815 bits per heavy atom. The number of hydrogen-bond donors (Lipinski definition) is 1. The van der Waals surface area contributed by atoms with Crippen molar-refractivity contribution < 1.29 is 9.50 Å². The molecule has 0 atom stereocenters. The van der Waals surface area contributed by atoms with E-state index >= 15 is 0 Å². The summed E-state index contributed by atoms with van der Waals surface area (Å²) in [7, 11) is 0. The molecule has 0 saturated heterocycles. The van der Waals surface area contributed by atoms with Gasteiger partial charge in [0, 0.05) is 0 Å². The summed E-state index contributed by atoms with van der Waals surface area (Å²) in [5, 5.41) is 14.8. The van der Waals surface area contributed by atoms with Crippen LogP contribution in [0.25, 0.3) is 29.2 Å². The van der Waals surface area contributed by atoms with E-state index in [0.29, 0.717) is 17.2 Å². The summed E-state index contributed by atoms with van der Waals surface area (Å²) in [5.41, 5.74) is 2.27. The predicted octanol–water partition coefficient (Wildman–Crippen LogP) is 4.95. The Labute approximate surface area is 155 Å². The van der Waals surface area contributed by atoms with E-state index in [0.717, 1.165) is 11.3 Å². The van der Waals surface area contributed by atoms with Gasteiger partial charge in [-0.25, -0.2) is 14.1 Å². The SMILES string of the molecule is Oc1ccccc1-c1nc(/C=C/c2ccc(F)cc2)nn1-c1ccccc1. The van der Waals surface area contributed by atoms with Crippen LogP contribution in [0, 0.1) is 5.82 Å². The second kappa shape index (κ2) is 7.25. The number of hydrogen-bond acceptors (Lipinski definition) is 3. The summed E-state index contributed by atoms with van der Waals surface area (Å²) in [5.74, 6) is 0.885. The van der Waals surface area contributed by atoms with Crippen molar-refractivity contribution in [3.8, 4) is 22.8 Å². The molecule has 0 bridgehead atoms. The second-order valence-corrected chi connectivity index (χ2v) is 5.94. The molecule has 0 amide bonds. The molecule has 1 N–H and O–H groups in total. The molecule has 5 heteroatoms. The zero-order valence-electron chi connectivity index (χ0n) is 14.3. The smallest absolute Gasteiger partial charge is 0.175 e. The van der Waals surface area contributed by atoms with Gasteiger partial charge in [-0.05, 0) is 48.0 Å². The minimum absolute atomic E-state index is 0.135. The third-order valence-electron chi connectivity index (χ3n) is 4.06. The van der Waals surface area contributed by atoms with Crippen LogP contribution in [-0.4, -0.2) is 19.9 Å². The summed E-state index contributed by atoms with van der Waals surface area (Å²) in [4.78, 5) is 4.58. The van der Waals surface area contributed by atoms with E-state index in [4.69, 9.17) is 0 Å². The first kappa shape index (κ1) is 16.7. The van der Waals surface area contributed by atoms with Crippen LogP contribution in [0.3, 0.4) is 0 Å². The van der Waals surface area contributed by atoms with Crippen molar-refractivity contribution >= 4 is 12.2 Å². The van der Waals surface area contributed by atoms with E-state index in [2.05, 4.69) is 10.1 Å². The van der Waals surface area contributed by atoms with Crippen LogP contribution in [-0.2, 0) is 0 Å². The quantitative estimate of drug-likeness (QED) is 0.562. The molecule has 0 saturated carbocycles. The average Bonchev–Trinajstić information content (AvgIpc) is 3.13. The standard InChI is InChI=1S/C22H16FN3O/c23-17-13-10-16(11-14-17)12-15-21-24-22(19-8-4-5-9-20(19)27)26(25-21)18-6-2-1-3-7-18/h1-15,27H/b15-12+. The van der Waals surface area contributed by atoms with Gasteiger partial charge in [-0.1, -0.05) is 48.5 Å². The Bertz CT molecular complexity index is 1090. The van der Waals surface area contributed by atoms with Gasteiger partial charge in [0.25, 0.3) is 0 Å². The van der Waals surface area contributed by atoms with Crippen molar-refractivity contribution in [3.63, 3.8) is 0 Å². The third kappa shape index (κ3) is 3.62. The molecule has 4 aromatic rings. The maximum absolute atomic E-state index is 13.0. The third-order valence-corrected chi connectivity index (χ3v) is 4.06. The fraction of sp³-hybridized carbons (Fsp3) is 0. The van der Waals surface area contributed by atoms with Crippen molar-refractivity contribution in [2.45, 2.75) is 0 Å². The van der Waals surface area contributed by atoms with E-state index in [1.165, 1.54) is 12.1 Å². The van der Waals surface area contributed by atoms with Crippen molar-refractivity contribution in [2.24, 2.45) is 0 Å². The molecule has 0 unspecified atom stereocenters. The van der Waals surface area contributed by atoms with Crippen molar-refractivity contribution in [1.82, 2.24) is 14.8 Å². The van der Waals surface area contributed by atoms with Crippen LogP contribution in [0.2, 0.25) is 0 Å². The summed E-state index contributed by atoms with van der Waals surface area (Å²) in [6.45, 7) is 0. The fourth-order valence-electron chi connectivity index (χ4n) is 2.73. The van der Waals surface area contributed by atoms with E-state index in [9.17, 15) is 9.50 Å². The largest absolute Gasteiger partial charge is 0.507 e. The molecule has 0 fully saturated rings. The van der Waals surface area contributed by atoms with Crippen molar-refractivity contribution in [3.05, 3.63) is 96.1 Å². The number of phenols is 1.